The van der Waals surface area contributed by atoms with Crippen molar-refractivity contribution in [1.82, 2.24) is 0 Å². The van der Waals surface area contributed by atoms with Crippen LogP contribution >= 0.6 is 15.9 Å². The summed E-state index contributed by atoms with van der Waals surface area (Å²) in [6, 6.07) is 5.08. The van der Waals surface area contributed by atoms with Crippen molar-refractivity contribution in [3.8, 4) is 5.75 Å². The molecule has 0 aliphatic carbocycles. The molecule has 0 radical (unpaired) electrons. The van der Waals surface area contributed by atoms with Gasteiger partial charge in [-0.2, -0.15) is 18.6 Å². The Morgan fingerprint density at radius 1 is 1.47 bits per heavy atom. The number of nitrogens with zero attached hydrogens (tertiary/aromatic N) is 2. The first-order valence-corrected chi connectivity index (χ1v) is 6.99. The van der Waals surface area contributed by atoms with Gasteiger partial charge in [-0.05, 0) is 34.1 Å². The molecule has 94 valence electrons. The van der Waals surface area contributed by atoms with E-state index in [1.54, 1.807) is 25.3 Å². The fraction of sp³-hybridized carbons (Fsp3) is 0.333. The number of ether oxygens (including phenoxy) is 1. The van der Waals surface area contributed by atoms with Crippen LogP contribution in [0.25, 0.3) is 0 Å². The number of rotatable bonds is 5. The van der Waals surface area contributed by atoms with Crippen LogP contribution in [0.15, 0.2) is 32.9 Å². The largest absolute Gasteiger partial charge is 0.496 e. The molecule has 8 heteroatoms. The van der Waals surface area contributed by atoms with E-state index in [1.807, 2.05) is 0 Å². The molecule has 0 aliphatic heterocycles. The van der Waals surface area contributed by atoms with Crippen LogP contribution < -0.4 is 4.74 Å². The summed E-state index contributed by atoms with van der Waals surface area (Å²) in [4.78, 5) is 0. The van der Waals surface area contributed by atoms with Crippen molar-refractivity contribution in [2.45, 2.75) is 0 Å². The molecule has 0 unspecified atom stereocenters. The van der Waals surface area contributed by atoms with Crippen molar-refractivity contribution >= 4 is 31.7 Å². The first-order valence-electron chi connectivity index (χ1n) is 4.58. The number of hydrogen-bond acceptors (Lipinski definition) is 5. The summed E-state index contributed by atoms with van der Waals surface area (Å²) in [6.07, 6.45) is 0. The molecule has 0 bridgehead atoms. The van der Waals surface area contributed by atoms with Gasteiger partial charge in [0, 0.05) is 0 Å². The molecule has 1 rings (SSSR count). The first kappa shape index (κ1) is 14.1. The zero-order valence-electron chi connectivity index (χ0n) is 9.00. The van der Waals surface area contributed by atoms with Gasteiger partial charge in [0.05, 0.1) is 29.6 Å². The van der Waals surface area contributed by atoms with E-state index in [-0.39, 0.29) is 6.54 Å². The number of halogens is 1. The highest BCUT2D eigenvalue weighted by atomic mass is 79.9. The van der Waals surface area contributed by atoms with Crippen LogP contribution in [0.2, 0.25) is 0 Å². The van der Waals surface area contributed by atoms with E-state index in [9.17, 15) is 8.42 Å². The average molecular weight is 323 g/mol. The molecule has 1 N–H and O–H groups in total. The normalized spacial score (nSPS) is 11.9. The SMILES string of the molecule is COc1ccc(N=NCCS(=O)(=O)O)cc1Br. The quantitative estimate of drug-likeness (QED) is 0.666. The molecule has 0 spiro atoms. The van der Waals surface area contributed by atoms with Crippen molar-refractivity contribution in [3.05, 3.63) is 22.7 Å². The van der Waals surface area contributed by atoms with Gasteiger partial charge in [-0.15, -0.1) is 0 Å². The predicted octanol–water partition coefficient (Wildman–Crippen LogP) is 2.43. The summed E-state index contributed by atoms with van der Waals surface area (Å²) >= 11 is 3.29. The molecule has 0 fully saturated rings. The number of methoxy groups -OCH3 is 1. The Balaban J connectivity index is 2.63. The summed E-state index contributed by atoms with van der Waals surface area (Å²) in [6.45, 7) is -0.0809. The lowest BCUT2D eigenvalue weighted by Crippen LogP contribution is -2.05. The molecule has 0 saturated carbocycles. The minimum Gasteiger partial charge on any atom is -0.496 e. The van der Waals surface area contributed by atoms with E-state index >= 15 is 0 Å². The molecule has 0 saturated heterocycles. The van der Waals surface area contributed by atoms with Crippen LogP contribution in [-0.4, -0.2) is 32.4 Å². The van der Waals surface area contributed by atoms with E-state index in [2.05, 4.69) is 26.2 Å². The van der Waals surface area contributed by atoms with Gasteiger partial charge in [0.2, 0.25) is 0 Å². The second-order valence-electron chi connectivity index (χ2n) is 3.07. The number of azo groups is 1. The Morgan fingerprint density at radius 3 is 2.71 bits per heavy atom. The third-order valence-corrected chi connectivity index (χ3v) is 3.09. The van der Waals surface area contributed by atoms with Crippen molar-refractivity contribution in [3.63, 3.8) is 0 Å². The van der Waals surface area contributed by atoms with Gasteiger partial charge < -0.3 is 4.74 Å². The Hall–Kier alpha value is -0.990. The molecule has 1 aromatic carbocycles. The van der Waals surface area contributed by atoms with Crippen molar-refractivity contribution in [1.29, 1.82) is 0 Å². The van der Waals surface area contributed by atoms with Gasteiger partial charge in [-0.1, -0.05) is 0 Å². The van der Waals surface area contributed by atoms with E-state index in [1.165, 1.54) is 0 Å². The fourth-order valence-corrected chi connectivity index (χ4v) is 1.85. The van der Waals surface area contributed by atoms with Gasteiger partial charge in [0.25, 0.3) is 10.1 Å². The highest BCUT2D eigenvalue weighted by molar-refractivity contribution is 9.10. The van der Waals surface area contributed by atoms with Gasteiger partial charge in [-0.3, -0.25) is 4.55 Å². The molecule has 0 aromatic heterocycles. The summed E-state index contributed by atoms with van der Waals surface area (Å²) in [5.41, 5.74) is 0.563. The monoisotopic (exact) mass is 322 g/mol. The van der Waals surface area contributed by atoms with Crippen molar-refractivity contribution in [2.75, 3.05) is 19.4 Å². The van der Waals surface area contributed by atoms with Crippen molar-refractivity contribution < 1.29 is 17.7 Å². The van der Waals surface area contributed by atoms with Crippen LogP contribution in [0.3, 0.4) is 0 Å². The zero-order valence-corrected chi connectivity index (χ0v) is 11.4. The second-order valence-corrected chi connectivity index (χ2v) is 5.50. The van der Waals surface area contributed by atoms with Gasteiger partial charge in [0.15, 0.2) is 0 Å². The van der Waals surface area contributed by atoms with Gasteiger partial charge in [0.1, 0.15) is 5.75 Å². The lowest BCUT2D eigenvalue weighted by atomic mass is 10.3. The van der Waals surface area contributed by atoms with Crippen LogP contribution in [0.4, 0.5) is 5.69 Å². The van der Waals surface area contributed by atoms with E-state index in [0.29, 0.717) is 11.4 Å². The summed E-state index contributed by atoms with van der Waals surface area (Å²) in [5, 5.41) is 7.46. The standard InChI is InChI=1S/C9H11BrN2O4S/c1-16-9-3-2-7(6-8(9)10)12-11-4-5-17(13,14)15/h2-3,6H,4-5H2,1H3,(H,13,14,15). The van der Waals surface area contributed by atoms with Crippen LogP contribution in [-0.2, 0) is 10.1 Å². The maximum Gasteiger partial charge on any atom is 0.266 e. The smallest absolute Gasteiger partial charge is 0.266 e. The number of benzene rings is 1. The number of hydrogen-bond donors (Lipinski definition) is 1. The fourth-order valence-electron chi connectivity index (χ4n) is 1.01. The van der Waals surface area contributed by atoms with Crippen LogP contribution in [0.5, 0.6) is 5.75 Å². The lowest BCUT2D eigenvalue weighted by molar-refractivity contribution is 0.412. The topological polar surface area (TPSA) is 88.3 Å². The molecular weight excluding hydrogens is 312 g/mol. The third-order valence-electron chi connectivity index (χ3n) is 1.77. The summed E-state index contributed by atoms with van der Waals surface area (Å²) in [7, 11) is -2.43. The maximum absolute atomic E-state index is 10.4. The Labute approximate surface area is 108 Å². The van der Waals surface area contributed by atoms with Gasteiger partial charge >= 0.3 is 0 Å². The van der Waals surface area contributed by atoms with Crippen molar-refractivity contribution in [2.24, 2.45) is 10.2 Å². The molecule has 17 heavy (non-hydrogen) atoms. The van der Waals surface area contributed by atoms with E-state index in [0.717, 1.165) is 4.47 Å². The molecule has 0 amide bonds. The van der Waals surface area contributed by atoms with E-state index < -0.39 is 15.9 Å². The second kappa shape index (κ2) is 6.08. The minimum absolute atomic E-state index is 0.0809. The lowest BCUT2D eigenvalue weighted by Gasteiger charge is -2.02. The Bertz CT molecular complexity index is 516. The van der Waals surface area contributed by atoms with Crippen LogP contribution in [0.1, 0.15) is 0 Å². The summed E-state index contributed by atoms with van der Waals surface area (Å²) < 4.78 is 35.1. The molecule has 0 aliphatic rings. The molecular formula is C9H11BrN2O4S. The van der Waals surface area contributed by atoms with Crippen LogP contribution in [0, 0.1) is 0 Å². The Morgan fingerprint density at radius 2 is 2.18 bits per heavy atom. The molecule has 0 heterocycles. The zero-order chi connectivity index (χ0) is 12.9. The first-order chi connectivity index (χ1) is 7.92. The van der Waals surface area contributed by atoms with Gasteiger partial charge in [-0.25, -0.2) is 0 Å². The predicted molar refractivity (Wildman–Crippen MR) is 66.5 cm³/mol. The summed E-state index contributed by atoms with van der Waals surface area (Å²) in [5.74, 6) is 0.232. The molecule has 0 atom stereocenters. The average Bonchev–Trinajstić information content (AvgIpc) is 2.23. The highest BCUT2D eigenvalue weighted by Gasteiger charge is 2.03. The molecule has 1 aromatic rings. The third kappa shape index (κ3) is 5.24. The highest BCUT2D eigenvalue weighted by Crippen LogP contribution is 2.29. The Kier molecular flexibility index (Phi) is 5.03. The van der Waals surface area contributed by atoms with E-state index in [4.69, 9.17) is 9.29 Å². The molecule has 6 nitrogen and oxygen atoms in total. The maximum atomic E-state index is 10.4. The minimum atomic E-state index is -3.98.